The number of aliphatic imine (C=N–C) groups is 1. The van der Waals surface area contributed by atoms with Gasteiger partial charge in [0, 0.05) is 11.0 Å². The summed E-state index contributed by atoms with van der Waals surface area (Å²) in [4.78, 5) is 4.25. The van der Waals surface area contributed by atoms with Crippen molar-refractivity contribution in [3.05, 3.63) is 28.7 Å². The zero-order chi connectivity index (χ0) is 11.1. The molecule has 0 bridgehead atoms. The Kier molecular flexibility index (Phi) is 5.14. The molecule has 4 nitrogen and oxygen atoms in total. The number of guanidine groups is 1. The third kappa shape index (κ3) is 3.89. The van der Waals surface area contributed by atoms with Gasteiger partial charge in [0.2, 0.25) is 5.96 Å². The number of hydrogen-bond donors (Lipinski definition) is 3. The summed E-state index contributed by atoms with van der Waals surface area (Å²) in [5.74, 6) is 5.93. The Hall–Kier alpha value is -1.07. The maximum absolute atomic E-state index is 5.35. The average molecular weight is 271 g/mol. The molecule has 0 amide bonds. The van der Waals surface area contributed by atoms with E-state index >= 15 is 0 Å². The van der Waals surface area contributed by atoms with Crippen LogP contribution in [-0.2, 0) is 0 Å². The van der Waals surface area contributed by atoms with Crippen LogP contribution in [0.3, 0.4) is 0 Å². The minimum absolute atomic E-state index is 0.573. The number of anilines is 1. The van der Waals surface area contributed by atoms with Gasteiger partial charge in [-0.2, -0.15) is 0 Å². The van der Waals surface area contributed by atoms with Crippen LogP contribution < -0.4 is 16.6 Å². The SMILES string of the molecule is CCCN=C(NN)Nc1ccccc1Br. The van der Waals surface area contributed by atoms with Crippen molar-refractivity contribution in [1.82, 2.24) is 5.43 Å². The van der Waals surface area contributed by atoms with E-state index in [2.05, 4.69) is 38.6 Å². The summed E-state index contributed by atoms with van der Waals surface area (Å²) < 4.78 is 0.976. The molecule has 0 saturated carbocycles. The van der Waals surface area contributed by atoms with E-state index in [1.165, 1.54) is 0 Å². The lowest BCUT2D eigenvalue weighted by atomic mass is 10.3. The van der Waals surface area contributed by atoms with Crippen LogP contribution in [0.2, 0.25) is 0 Å². The van der Waals surface area contributed by atoms with Crippen molar-refractivity contribution in [2.45, 2.75) is 13.3 Å². The van der Waals surface area contributed by atoms with Crippen molar-refractivity contribution >= 4 is 27.6 Å². The van der Waals surface area contributed by atoms with E-state index in [0.29, 0.717) is 5.96 Å². The molecule has 1 aromatic carbocycles. The first kappa shape index (κ1) is 12.0. The fraction of sp³-hybridized carbons (Fsp3) is 0.300. The highest BCUT2D eigenvalue weighted by molar-refractivity contribution is 9.10. The van der Waals surface area contributed by atoms with Crippen molar-refractivity contribution in [2.75, 3.05) is 11.9 Å². The molecule has 1 rings (SSSR count). The molecular weight excluding hydrogens is 256 g/mol. The average Bonchev–Trinajstić information content (AvgIpc) is 2.26. The molecule has 82 valence electrons. The Balaban J connectivity index is 2.71. The zero-order valence-corrected chi connectivity index (χ0v) is 10.2. The lowest BCUT2D eigenvalue weighted by molar-refractivity contribution is 0.905. The summed E-state index contributed by atoms with van der Waals surface area (Å²) in [6.07, 6.45) is 0.989. The van der Waals surface area contributed by atoms with Gasteiger partial charge in [-0.3, -0.25) is 10.4 Å². The molecule has 4 N–H and O–H groups in total. The Morgan fingerprint density at radius 3 is 2.80 bits per heavy atom. The number of nitrogens with one attached hydrogen (secondary N) is 2. The van der Waals surface area contributed by atoms with Gasteiger partial charge in [-0.25, -0.2) is 5.84 Å². The van der Waals surface area contributed by atoms with E-state index in [4.69, 9.17) is 5.84 Å². The van der Waals surface area contributed by atoms with Crippen LogP contribution >= 0.6 is 15.9 Å². The Morgan fingerprint density at radius 2 is 2.20 bits per heavy atom. The number of nitrogens with two attached hydrogens (primary N) is 1. The summed E-state index contributed by atoms with van der Waals surface area (Å²) in [5.41, 5.74) is 3.47. The smallest absolute Gasteiger partial charge is 0.210 e. The second kappa shape index (κ2) is 6.42. The normalized spacial score (nSPS) is 11.3. The van der Waals surface area contributed by atoms with E-state index in [0.717, 1.165) is 23.1 Å². The van der Waals surface area contributed by atoms with Gasteiger partial charge in [-0.1, -0.05) is 19.1 Å². The van der Waals surface area contributed by atoms with Crippen LogP contribution in [0.4, 0.5) is 5.69 Å². The van der Waals surface area contributed by atoms with Gasteiger partial charge in [0.05, 0.1) is 5.69 Å². The molecule has 0 spiro atoms. The fourth-order valence-corrected chi connectivity index (χ4v) is 1.42. The number of para-hydroxylation sites is 1. The van der Waals surface area contributed by atoms with E-state index in [1.54, 1.807) is 0 Å². The number of halogens is 1. The summed E-state index contributed by atoms with van der Waals surface area (Å²) in [7, 11) is 0. The fourth-order valence-electron chi connectivity index (χ4n) is 1.04. The van der Waals surface area contributed by atoms with Gasteiger partial charge in [-0.05, 0) is 34.5 Å². The Bertz CT molecular complexity index is 338. The largest absolute Gasteiger partial charge is 0.324 e. The van der Waals surface area contributed by atoms with E-state index in [-0.39, 0.29) is 0 Å². The molecule has 0 heterocycles. The highest BCUT2D eigenvalue weighted by atomic mass is 79.9. The minimum Gasteiger partial charge on any atom is -0.324 e. The second-order valence-electron chi connectivity index (χ2n) is 2.98. The van der Waals surface area contributed by atoms with E-state index in [1.807, 2.05) is 24.3 Å². The maximum atomic E-state index is 5.35. The molecule has 5 heteroatoms. The van der Waals surface area contributed by atoms with Gasteiger partial charge in [0.1, 0.15) is 0 Å². The summed E-state index contributed by atoms with van der Waals surface area (Å²) >= 11 is 3.44. The predicted octanol–water partition coefficient (Wildman–Crippen LogP) is 2.09. The van der Waals surface area contributed by atoms with Crippen molar-refractivity contribution in [3.63, 3.8) is 0 Å². The number of rotatable bonds is 3. The Labute approximate surface area is 98.1 Å². The lowest BCUT2D eigenvalue weighted by Crippen LogP contribution is -2.36. The quantitative estimate of drug-likeness (QED) is 0.341. The lowest BCUT2D eigenvalue weighted by Gasteiger charge is -2.10. The van der Waals surface area contributed by atoms with Crippen molar-refractivity contribution in [2.24, 2.45) is 10.8 Å². The molecule has 0 saturated heterocycles. The number of hydrogen-bond acceptors (Lipinski definition) is 2. The summed E-state index contributed by atoms with van der Waals surface area (Å²) in [6.45, 7) is 2.81. The third-order valence-electron chi connectivity index (χ3n) is 1.76. The van der Waals surface area contributed by atoms with Crippen LogP contribution in [0, 0.1) is 0 Å². The molecule has 0 atom stereocenters. The predicted molar refractivity (Wildman–Crippen MR) is 67.7 cm³/mol. The zero-order valence-electron chi connectivity index (χ0n) is 8.63. The molecule has 0 aliphatic rings. The first-order valence-corrected chi connectivity index (χ1v) is 5.59. The topological polar surface area (TPSA) is 62.4 Å². The van der Waals surface area contributed by atoms with Crippen LogP contribution in [0.25, 0.3) is 0 Å². The highest BCUT2D eigenvalue weighted by Crippen LogP contribution is 2.20. The summed E-state index contributed by atoms with van der Waals surface area (Å²) in [6, 6.07) is 7.80. The van der Waals surface area contributed by atoms with Crippen molar-refractivity contribution in [3.8, 4) is 0 Å². The molecular formula is C10H15BrN4. The molecule has 1 aromatic rings. The van der Waals surface area contributed by atoms with Gasteiger partial charge in [0.15, 0.2) is 0 Å². The highest BCUT2D eigenvalue weighted by Gasteiger charge is 2.00. The van der Waals surface area contributed by atoms with Crippen LogP contribution in [0.15, 0.2) is 33.7 Å². The van der Waals surface area contributed by atoms with Crippen LogP contribution in [-0.4, -0.2) is 12.5 Å². The molecule has 0 fully saturated rings. The van der Waals surface area contributed by atoms with E-state index in [9.17, 15) is 0 Å². The number of hydrazine groups is 1. The first-order valence-electron chi connectivity index (χ1n) is 4.80. The minimum atomic E-state index is 0.573. The molecule has 0 aliphatic carbocycles. The Morgan fingerprint density at radius 1 is 1.47 bits per heavy atom. The number of benzene rings is 1. The maximum Gasteiger partial charge on any atom is 0.210 e. The van der Waals surface area contributed by atoms with Gasteiger partial charge in [0.25, 0.3) is 0 Å². The van der Waals surface area contributed by atoms with Crippen molar-refractivity contribution in [1.29, 1.82) is 0 Å². The molecule has 0 radical (unpaired) electrons. The van der Waals surface area contributed by atoms with Gasteiger partial charge in [-0.15, -0.1) is 0 Å². The number of nitrogens with zero attached hydrogens (tertiary/aromatic N) is 1. The molecule has 0 aliphatic heterocycles. The molecule has 0 aromatic heterocycles. The monoisotopic (exact) mass is 270 g/mol. The van der Waals surface area contributed by atoms with Crippen LogP contribution in [0.5, 0.6) is 0 Å². The summed E-state index contributed by atoms with van der Waals surface area (Å²) in [5, 5.41) is 3.10. The second-order valence-corrected chi connectivity index (χ2v) is 3.83. The standard InChI is InChI=1S/C10H15BrN4/c1-2-7-13-10(15-12)14-9-6-4-3-5-8(9)11/h3-6H,2,7,12H2,1H3,(H2,13,14,15). The third-order valence-corrected chi connectivity index (χ3v) is 2.45. The van der Waals surface area contributed by atoms with Gasteiger partial charge >= 0.3 is 0 Å². The first-order chi connectivity index (χ1) is 7.27. The molecule has 0 unspecified atom stereocenters. The van der Waals surface area contributed by atoms with Gasteiger partial charge < -0.3 is 5.32 Å². The van der Waals surface area contributed by atoms with Crippen molar-refractivity contribution < 1.29 is 0 Å². The van der Waals surface area contributed by atoms with Crippen LogP contribution in [0.1, 0.15) is 13.3 Å². The van der Waals surface area contributed by atoms with E-state index < -0.39 is 0 Å². The molecule has 15 heavy (non-hydrogen) atoms.